The third-order valence-corrected chi connectivity index (χ3v) is 3.39. The summed E-state index contributed by atoms with van der Waals surface area (Å²) in [6.45, 7) is 4.00. The third kappa shape index (κ3) is 4.93. The molecule has 5 nitrogen and oxygen atoms in total. The number of nitrogens with two attached hydrogens (primary N) is 1. The Morgan fingerprint density at radius 2 is 2.00 bits per heavy atom. The summed E-state index contributed by atoms with van der Waals surface area (Å²) in [6, 6.07) is 5.57. The van der Waals surface area contributed by atoms with Gasteiger partial charge < -0.3 is 9.47 Å². The summed E-state index contributed by atoms with van der Waals surface area (Å²) < 4.78 is 32.6. The molecule has 0 saturated carbocycles. The molecule has 1 atom stereocenters. The highest BCUT2D eigenvalue weighted by Gasteiger charge is 2.13. The van der Waals surface area contributed by atoms with Crippen molar-refractivity contribution in [3.8, 4) is 11.5 Å². The van der Waals surface area contributed by atoms with E-state index in [1.54, 1.807) is 20.1 Å². The second-order valence-corrected chi connectivity index (χ2v) is 6.06. The third-order valence-electron chi connectivity index (χ3n) is 2.36. The maximum Gasteiger partial charge on any atom is 0.209 e. The summed E-state index contributed by atoms with van der Waals surface area (Å²) in [7, 11) is -1.90. The minimum Gasteiger partial charge on any atom is -0.493 e. The van der Waals surface area contributed by atoms with Crippen molar-refractivity contribution >= 4 is 10.0 Å². The van der Waals surface area contributed by atoms with Crippen LogP contribution < -0.4 is 14.6 Å². The van der Waals surface area contributed by atoms with Gasteiger partial charge in [0, 0.05) is 5.92 Å². The molecule has 0 amide bonds. The number of ether oxygens (including phenoxy) is 2. The average Bonchev–Trinajstić information content (AvgIpc) is 2.24. The van der Waals surface area contributed by atoms with E-state index in [2.05, 4.69) is 0 Å². The van der Waals surface area contributed by atoms with E-state index in [4.69, 9.17) is 14.6 Å². The number of benzene rings is 1. The van der Waals surface area contributed by atoms with Crippen LogP contribution in [-0.2, 0) is 10.0 Å². The molecule has 102 valence electrons. The SMILES string of the molecule is COc1cc(C)ccc1OCC(C)CS(N)(=O)=O. The van der Waals surface area contributed by atoms with E-state index in [0.717, 1.165) is 5.56 Å². The topological polar surface area (TPSA) is 78.6 Å². The molecule has 0 spiro atoms. The van der Waals surface area contributed by atoms with Crippen LogP contribution in [0.3, 0.4) is 0 Å². The van der Waals surface area contributed by atoms with Gasteiger partial charge in [0.05, 0.1) is 19.5 Å². The van der Waals surface area contributed by atoms with Crippen LogP contribution in [0.4, 0.5) is 0 Å². The van der Waals surface area contributed by atoms with Crippen LogP contribution >= 0.6 is 0 Å². The first-order chi connectivity index (χ1) is 8.31. The molecule has 0 aliphatic heterocycles. The van der Waals surface area contributed by atoms with Crippen LogP contribution in [0.2, 0.25) is 0 Å². The van der Waals surface area contributed by atoms with Crippen molar-refractivity contribution in [3.63, 3.8) is 0 Å². The molecule has 0 aliphatic rings. The van der Waals surface area contributed by atoms with E-state index in [-0.39, 0.29) is 18.3 Å². The second-order valence-electron chi connectivity index (χ2n) is 4.40. The first kappa shape index (κ1) is 14.8. The Morgan fingerprint density at radius 1 is 1.33 bits per heavy atom. The molecule has 0 saturated heterocycles. The van der Waals surface area contributed by atoms with Crippen LogP contribution in [-0.4, -0.2) is 27.9 Å². The van der Waals surface area contributed by atoms with Gasteiger partial charge in [-0.3, -0.25) is 0 Å². The summed E-state index contributed by atoms with van der Waals surface area (Å²) in [5, 5.41) is 4.97. The van der Waals surface area contributed by atoms with Gasteiger partial charge in [0.25, 0.3) is 0 Å². The molecule has 0 heterocycles. The lowest BCUT2D eigenvalue weighted by atomic mass is 10.2. The van der Waals surface area contributed by atoms with Crippen LogP contribution in [0.5, 0.6) is 11.5 Å². The van der Waals surface area contributed by atoms with Crippen molar-refractivity contribution in [2.45, 2.75) is 13.8 Å². The molecule has 1 aromatic carbocycles. The Hall–Kier alpha value is -1.27. The van der Waals surface area contributed by atoms with Gasteiger partial charge in [-0.2, -0.15) is 0 Å². The van der Waals surface area contributed by atoms with Crippen LogP contribution in [0, 0.1) is 12.8 Å². The monoisotopic (exact) mass is 273 g/mol. The molecular formula is C12H19NO4S. The predicted molar refractivity (Wildman–Crippen MR) is 70.4 cm³/mol. The minimum absolute atomic E-state index is 0.0961. The molecule has 18 heavy (non-hydrogen) atoms. The number of aryl methyl sites for hydroxylation is 1. The fourth-order valence-electron chi connectivity index (χ4n) is 1.57. The van der Waals surface area contributed by atoms with Crippen molar-refractivity contribution in [3.05, 3.63) is 23.8 Å². The molecule has 0 aliphatic carbocycles. The lowest BCUT2D eigenvalue weighted by Crippen LogP contribution is -2.25. The molecular weight excluding hydrogens is 254 g/mol. The highest BCUT2D eigenvalue weighted by Crippen LogP contribution is 2.28. The van der Waals surface area contributed by atoms with E-state index >= 15 is 0 Å². The zero-order valence-electron chi connectivity index (χ0n) is 10.8. The minimum atomic E-state index is -3.46. The van der Waals surface area contributed by atoms with E-state index in [1.807, 2.05) is 19.1 Å². The molecule has 0 fully saturated rings. The summed E-state index contributed by atoms with van der Waals surface area (Å²) in [5.74, 6) is 0.967. The van der Waals surface area contributed by atoms with Gasteiger partial charge in [-0.15, -0.1) is 0 Å². The van der Waals surface area contributed by atoms with Gasteiger partial charge >= 0.3 is 0 Å². The van der Waals surface area contributed by atoms with Crippen molar-refractivity contribution in [2.24, 2.45) is 11.1 Å². The van der Waals surface area contributed by atoms with Crippen molar-refractivity contribution in [2.75, 3.05) is 19.5 Å². The van der Waals surface area contributed by atoms with Crippen LogP contribution in [0.1, 0.15) is 12.5 Å². The molecule has 0 bridgehead atoms. The van der Waals surface area contributed by atoms with Crippen molar-refractivity contribution in [1.82, 2.24) is 0 Å². The highest BCUT2D eigenvalue weighted by molar-refractivity contribution is 7.89. The maximum atomic E-state index is 10.9. The van der Waals surface area contributed by atoms with Crippen molar-refractivity contribution in [1.29, 1.82) is 0 Å². The summed E-state index contributed by atoms with van der Waals surface area (Å²) >= 11 is 0. The first-order valence-corrected chi connectivity index (χ1v) is 7.31. The van der Waals surface area contributed by atoms with Gasteiger partial charge in [-0.05, 0) is 24.6 Å². The largest absolute Gasteiger partial charge is 0.493 e. The Labute approximate surface area is 108 Å². The lowest BCUT2D eigenvalue weighted by molar-refractivity contribution is 0.257. The summed E-state index contributed by atoms with van der Waals surface area (Å²) in [6.07, 6.45) is 0. The number of sulfonamides is 1. The normalized spacial score (nSPS) is 13.1. The Bertz CT molecular complexity index is 499. The molecule has 0 aromatic heterocycles. The molecule has 6 heteroatoms. The predicted octanol–water partition coefficient (Wildman–Crippen LogP) is 1.31. The standard InChI is InChI=1S/C12H19NO4S/c1-9-4-5-11(12(6-9)16-3)17-7-10(2)8-18(13,14)15/h4-6,10H,7-8H2,1-3H3,(H2,13,14,15). The number of hydrogen-bond donors (Lipinski definition) is 1. The van der Waals surface area contributed by atoms with Crippen molar-refractivity contribution < 1.29 is 17.9 Å². The average molecular weight is 273 g/mol. The second kappa shape index (κ2) is 6.06. The fraction of sp³-hybridized carbons (Fsp3) is 0.500. The summed E-state index contributed by atoms with van der Waals surface area (Å²) in [4.78, 5) is 0. The Kier molecular flexibility index (Phi) is 4.98. The summed E-state index contributed by atoms with van der Waals surface area (Å²) in [5.41, 5.74) is 1.07. The van der Waals surface area contributed by atoms with Gasteiger partial charge in [0.2, 0.25) is 10.0 Å². The number of methoxy groups -OCH3 is 1. The maximum absolute atomic E-state index is 10.9. The Balaban J connectivity index is 2.63. The van der Waals surface area contributed by atoms with Gasteiger partial charge in [0.1, 0.15) is 0 Å². The molecule has 2 N–H and O–H groups in total. The molecule has 1 unspecified atom stereocenters. The number of rotatable bonds is 6. The van der Waals surface area contributed by atoms with Gasteiger partial charge in [0.15, 0.2) is 11.5 Å². The molecule has 1 rings (SSSR count). The van der Waals surface area contributed by atoms with E-state index in [0.29, 0.717) is 11.5 Å². The smallest absolute Gasteiger partial charge is 0.209 e. The quantitative estimate of drug-likeness (QED) is 0.847. The first-order valence-electron chi connectivity index (χ1n) is 5.59. The van der Waals surface area contributed by atoms with Crippen LogP contribution in [0.25, 0.3) is 0 Å². The van der Waals surface area contributed by atoms with E-state index in [9.17, 15) is 8.42 Å². The number of primary sulfonamides is 1. The zero-order chi connectivity index (χ0) is 13.8. The van der Waals surface area contributed by atoms with Gasteiger partial charge in [-0.1, -0.05) is 13.0 Å². The molecule has 0 radical (unpaired) electrons. The zero-order valence-corrected chi connectivity index (χ0v) is 11.7. The fourth-order valence-corrected chi connectivity index (χ4v) is 2.46. The van der Waals surface area contributed by atoms with Crippen LogP contribution in [0.15, 0.2) is 18.2 Å². The van der Waals surface area contributed by atoms with E-state index in [1.165, 1.54) is 0 Å². The highest BCUT2D eigenvalue weighted by atomic mass is 32.2. The van der Waals surface area contributed by atoms with E-state index < -0.39 is 10.0 Å². The molecule has 1 aromatic rings. The lowest BCUT2D eigenvalue weighted by Gasteiger charge is -2.14. The van der Waals surface area contributed by atoms with Gasteiger partial charge in [-0.25, -0.2) is 13.6 Å². The Morgan fingerprint density at radius 3 is 2.56 bits per heavy atom. The number of hydrogen-bond acceptors (Lipinski definition) is 4.